The number of likely N-dealkylation sites (tertiary alicyclic amines) is 1. The number of piperidine rings is 1. The molecule has 4 amide bonds. The van der Waals surface area contributed by atoms with Crippen LogP contribution in [0.15, 0.2) is 48.5 Å². The molecule has 0 saturated carbocycles. The predicted octanol–water partition coefficient (Wildman–Crippen LogP) is 1.20. The molecule has 7 atom stereocenters. The van der Waals surface area contributed by atoms with Gasteiger partial charge in [0.2, 0.25) is 23.9 Å². The number of hydrogen-bond acceptors (Lipinski definition) is 8. The van der Waals surface area contributed by atoms with E-state index < -0.39 is 41.5 Å². The lowest BCUT2D eigenvalue weighted by atomic mass is 9.71. The fourth-order valence-electron chi connectivity index (χ4n) is 8.33. The number of carbonyl (C=O) groups excluding carboxylic acids is 5. The van der Waals surface area contributed by atoms with Gasteiger partial charge in [-0.1, -0.05) is 42.5 Å². The van der Waals surface area contributed by atoms with Crippen LogP contribution in [0.3, 0.4) is 0 Å². The van der Waals surface area contributed by atoms with Crippen molar-refractivity contribution in [3.05, 3.63) is 65.2 Å². The Morgan fingerprint density at radius 1 is 1.13 bits per heavy atom. The van der Waals surface area contributed by atoms with Crippen LogP contribution >= 0.6 is 0 Å². The topological polar surface area (TPSA) is 149 Å². The molecule has 0 radical (unpaired) electrons. The Kier molecular flexibility index (Phi) is 7.06. The maximum atomic E-state index is 14.2. The average Bonchev–Trinajstić information content (AvgIpc) is 3.59. The third-order valence-electron chi connectivity index (χ3n) is 10.4. The van der Waals surface area contributed by atoms with Gasteiger partial charge < -0.3 is 25.5 Å². The second-order valence-electron chi connectivity index (χ2n) is 13.1. The largest absolute Gasteiger partial charge is 0.347 e. The number of benzene rings is 2. The van der Waals surface area contributed by atoms with Crippen molar-refractivity contribution in [1.82, 2.24) is 20.0 Å². The number of carbonyl (C=O) groups is 5. The quantitative estimate of drug-likeness (QED) is 0.411. The van der Waals surface area contributed by atoms with Gasteiger partial charge in [-0.25, -0.2) is 0 Å². The van der Waals surface area contributed by atoms with Gasteiger partial charge >= 0.3 is 0 Å². The van der Waals surface area contributed by atoms with Crippen molar-refractivity contribution in [2.24, 2.45) is 5.92 Å². The van der Waals surface area contributed by atoms with Crippen molar-refractivity contribution in [2.75, 3.05) is 25.5 Å². The van der Waals surface area contributed by atoms with E-state index in [1.807, 2.05) is 48.3 Å². The molecule has 4 saturated heterocycles. The molecule has 0 aromatic heterocycles. The summed E-state index contributed by atoms with van der Waals surface area (Å²) in [7, 11) is 1.87. The van der Waals surface area contributed by atoms with Crippen LogP contribution in [0.4, 0.5) is 5.69 Å². The number of piperazine rings is 1. The van der Waals surface area contributed by atoms with Gasteiger partial charge in [-0.15, -0.1) is 0 Å². The second-order valence-corrected chi connectivity index (χ2v) is 13.1. The minimum absolute atomic E-state index is 0.0612. The van der Waals surface area contributed by atoms with E-state index in [0.29, 0.717) is 50.0 Å². The predicted molar refractivity (Wildman–Crippen MR) is 160 cm³/mol. The van der Waals surface area contributed by atoms with Gasteiger partial charge in [0.1, 0.15) is 12.1 Å². The second kappa shape index (κ2) is 10.7. The molecular weight excluding hydrogens is 578 g/mol. The number of likely N-dealkylation sites (N-methyl/N-ethyl adjacent to an activating group) is 1. The third-order valence-corrected chi connectivity index (χ3v) is 10.4. The van der Waals surface area contributed by atoms with Crippen LogP contribution in [0.2, 0.25) is 0 Å². The van der Waals surface area contributed by atoms with Crippen LogP contribution in [0.1, 0.15) is 60.0 Å². The minimum Gasteiger partial charge on any atom is -0.347 e. The van der Waals surface area contributed by atoms with Gasteiger partial charge in [0.05, 0.1) is 11.6 Å². The molecule has 12 nitrogen and oxygen atoms in total. The highest BCUT2D eigenvalue weighted by atomic mass is 16.7. The SMILES string of the molecule is CN1C[C@H](C(=O)N[C@]2(C)O[C@@]3(O)[C@@H]4CCCN4C(=O)[C@H](Cc4ccccc4)N3C2=O)CC2c3cccc(NC=O)c3C(=O)C[C@H]21. The summed E-state index contributed by atoms with van der Waals surface area (Å²) in [6.07, 6.45) is 2.53. The first-order valence-electron chi connectivity index (χ1n) is 15.5. The highest BCUT2D eigenvalue weighted by Crippen LogP contribution is 2.47. The number of amides is 4. The Bertz CT molecular complexity index is 1580. The van der Waals surface area contributed by atoms with Gasteiger partial charge in [0.25, 0.3) is 11.8 Å². The van der Waals surface area contributed by atoms with E-state index in [1.54, 1.807) is 17.0 Å². The lowest BCUT2D eigenvalue weighted by Gasteiger charge is -2.48. The fourth-order valence-corrected chi connectivity index (χ4v) is 8.33. The van der Waals surface area contributed by atoms with Gasteiger partial charge in [-0.05, 0) is 50.4 Å². The molecule has 2 aromatic carbocycles. The summed E-state index contributed by atoms with van der Waals surface area (Å²) in [6.45, 7) is 2.25. The normalized spacial score (nSPS) is 34.1. The van der Waals surface area contributed by atoms with Gasteiger partial charge in [-0.3, -0.25) is 33.6 Å². The molecule has 45 heavy (non-hydrogen) atoms. The number of aliphatic hydroxyl groups is 1. The number of ether oxygens (including phenoxy) is 1. The number of hydrogen-bond donors (Lipinski definition) is 3. The van der Waals surface area contributed by atoms with Gasteiger partial charge in [-0.2, -0.15) is 0 Å². The third kappa shape index (κ3) is 4.57. The van der Waals surface area contributed by atoms with Crippen molar-refractivity contribution < 1.29 is 33.8 Å². The van der Waals surface area contributed by atoms with Crippen molar-refractivity contribution >= 4 is 35.6 Å². The highest BCUT2D eigenvalue weighted by Gasteiger charge is 2.70. The molecule has 7 rings (SSSR count). The zero-order chi connectivity index (χ0) is 31.7. The van der Waals surface area contributed by atoms with E-state index in [-0.39, 0.29) is 36.5 Å². The lowest BCUT2D eigenvalue weighted by Crippen LogP contribution is -2.71. The summed E-state index contributed by atoms with van der Waals surface area (Å²) >= 11 is 0. The smallest absolute Gasteiger partial charge is 0.280 e. The Hall–Kier alpha value is -4.13. The molecule has 0 spiro atoms. The molecule has 4 fully saturated rings. The summed E-state index contributed by atoms with van der Waals surface area (Å²) in [4.78, 5) is 71.0. The fraction of sp³-hybridized carbons (Fsp3) is 0.485. The molecule has 3 N–H and O–H groups in total. The standard InChI is InChI=1S/C33H37N5O7/c1-32(31(43)38-25(14-19-8-4-3-5-9-19)30(42)37-13-7-12-27(37)33(38,44)45-32)35-29(41)20-15-22-21-10-6-11-23(34-18-39)28(21)26(40)16-24(22)36(2)17-20/h3-6,8-11,18,20,22,24-25,27,44H,7,12-17H2,1-2H3,(H,34,39)(H,35,41)/t20-,22?,24-,25+,27+,32-,33+/m1/s1. The number of nitrogens with one attached hydrogen (secondary N) is 2. The van der Waals surface area contributed by atoms with Crippen molar-refractivity contribution in [3.63, 3.8) is 0 Å². The maximum absolute atomic E-state index is 14.2. The summed E-state index contributed by atoms with van der Waals surface area (Å²) in [5.41, 5.74) is 0.621. The van der Waals surface area contributed by atoms with E-state index >= 15 is 0 Å². The molecule has 0 bridgehead atoms. The maximum Gasteiger partial charge on any atom is 0.280 e. The lowest BCUT2D eigenvalue weighted by molar-refractivity contribution is -0.315. The van der Waals surface area contributed by atoms with E-state index in [0.717, 1.165) is 16.0 Å². The van der Waals surface area contributed by atoms with E-state index in [9.17, 15) is 29.1 Å². The first-order chi connectivity index (χ1) is 21.6. The molecule has 1 unspecified atom stereocenters. The molecule has 236 valence electrons. The van der Waals surface area contributed by atoms with Crippen LogP contribution in [-0.4, -0.2) is 99.6 Å². The first kappa shape index (κ1) is 29.6. The number of anilines is 1. The zero-order valence-electron chi connectivity index (χ0n) is 25.3. The molecule has 4 heterocycles. The minimum atomic E-state index is -2.10. The molecular formula is C33H37N5O7. The summed E-state index contributed by atoms with van der Waals surface area (Å²) < 4.78 is 6.20. The van der Waals surface area contributed by atoms with Crippen LogP contribution < -0.4 is 10.6 Å². The average molecular weight is 616 g/mol. The van der Waals surface area contributed by atoms with Crippen molar-refractivity contribution in [3.8, 4) is 0 Å². The van der Waals surface area contributed by atoms with Crippen LogP contribution in [0.5, 0.6) is 0 Å². The molecule has 4 aliphatic heterocycles. The van der Waals surface area contributed by atoms with E-state index in [2.05, 4.69) is 10.6 Å². The number of ketones is 1. The Balaban J connectivity index is 1.16. The van der Waals surface area contributed by atoms with Gasteiger partial charge in [0.15, 0.2) is 5.78 Å². The van der Waals surface area contributed by atoms with E-state index in [1.165, 1.54) is 6.92 Å². The Labute approximate surface area is 260 Å². The van der Waals surface area contributed by atoms with Crippen LogP contribution in [0, 0.1) is 5.92 Å². The highest BCUT2D eigenvalue weighted by molar-refractivity contribution is 6.06. The van der Waals surface area contributed by atoms with Crippen molar-refractivity contribution in [1.29, 1.82) is 0 Å². The molecule has 2 aromatic rings. The number of nitrogens with zero attached hydrogens (tertiary/aromatic N) is 3. The van der Waals surface area contributed by atoms with E-state index in [4.69, 9.17) is 4.74 Å². The Morgan fingerprint density at radius 3 is 2.67 bits per heavy atom. The molecule has 1 aliphatic carbocycles. The monoisotopic (exact) mass is 615 g/mol. The number of Topliss-reactive ketones (excluding diaryl/α,β-unsaturated/α-hetero) is 1. The molecule has 5 aliphatic rings. The summed E-state index contributed by atoms with van der Waals surface area (Å²) in [5.74, 6) is -4.22. The summed E-state index contributed by atoms with van der Waals surface area (Å²) in [5, 5.41) is 17.5. The van der Waals surface area contributed by atoms with Crippen molar-refractivity contribution in [2.45, 2.75) is 74.7 Å². The number of fused-ring (bicyclic) bond motifs is 6. The molecule has 12 heteroatoms. The number of rotatable bonds is 6. The first-order valence-corrected chi connectivity index (χ1v) is 15.5. The van der Waals surface area contributed by atoms with Gasteiger partial charge in [0, 0.05) is 43.5 Å². The zero-order valence-corrected chi connectivity index (χ0v) is 25.3. The van der Waals surface area contributed by atoms with Crippen LogP contribution in [0.25, 0.3) is 0 Å². The Morgan fingerprint density at radius 2 is 1.91 bits per heavy atom. The van der Waals surface area contributed by atoms with Crippen LogP contribution in [-0.2, 0) is 30.3 Å². The summed E-state index contributed by atoms with van der Waals surface area (Å²) in [6, 6.07) is 12.8.